The minimum atomic E-state index is 0.367. The Morgan fingerprint density at radius 3 is 2.89 bits per heavy atom. The lowest BCUT2D eigenvalue weighted by molar-refractivity contribution is 0.410. The van der Waals surface area contributed by atoms with Crippen molar-refractivity contribution >= 4 is 5.52 Å². The Kier molecular flexibility index (Phi) is 4.31. The number of nitrogens with one attached hydrogen (secondary N) is 1. The van der Waals surface area contributed by atoms with Gasteiger partial charge in [0.15, 0.2) is 0 Å². The van der Waals surface area contributed by atoms with E-state index in [1.54, 1.807) is 6.20 Å². The van der Waals surface area contributed by atoms with Gasteiger partial charge in [-0.3, -0.25) is 4.98 Å². The van der Waals surface area contributed by atoms with Crippen LogP contribution >= 0.6 is 0 Å². The Morgan fingerprint density at radius 2 is 2.17 bits per heavy atom. The Bertz CT molecular complexity index is 491. The standard InChI is InChI=1S/C14H22N4/c1-4-11(3)8-13(16-5-2)12-9-17-18-7-6-15-10-14(12)18/h6-7,9-11,13,16H,4-5,8H2,1-3H3. The molecule has 0 spiro atoms. The molecule has 2 unspecified atom stereocenters. The van der Waals surface area contributed by atoms with Crippen molar-refractivity contribution in [3.8, 4) is 0 Å². The average Bonchev–Trinajstić information content (AvgIpc) is 2.82. The average molecular weight is 246 g/mol. The Morgan fingerprint density at radius 1 is 1.33 bits per heavy atom. The Labute approximate surface area is 108 Å². The van der Waals surface area contributed by atoms with Gasteiger partial charge in [0.05, 0.1) is 17.9 Å². The van der Waals surface area contributed by atoms with Gasteiger partial charge in [0.2, 0.25) is 0 Å². The lowest BCUT2D eigenvalue weighted by Crippen LogP contribution is -2.22. The summed E-state index contributed by atoms with van der Waals surface area (Å²) in [6.07, 6.45) is 9.86. The Balaban J connectivity index is 2.29. The molecule has 4 heteroatoms. The predicted octanol–water partition coefficient (Wildman–Crippen LogP) is 2.82. The molecular weight excluding hydrogens is 224 g/mol. The first-order chi connectivity index (χ1) is 8.76. The number of fused-ring (bicyclic) bond motifs is 1. The van der Waals surface area contributed by atoms with Crippen LogP contribution in [0.4, 0.5) is 0 Å². The second-order valence-electron chi connectivity index (χ2n) is 4.87. The summed E-state index contributed by atoms with van der Waals surface area (Å²) < 4.78 is 1.89. The molecule has 0 radical (unpaired) electrons. The van der Waals surface area contributed by atoms with Crippen LogP contribution in [0, 0.1) is 5.92 Å². The molecule has 0 saturated heterocycles. The quantitative estimate of drug-likeness (QED) is 0.852. The first-order valence-electron chi connectivity index (χ1n) is 6.76. The molecule has 98 valence electrons. The zero-order valence-electron chi connectivity index (χ0n) is 11.4. The van der Waals surface area contributed by atoms with E-state index in [4.69, 9.17) is 0 Å². The largest absolute Gasteiger partial charge is 0.310 e. The molecule has 2 aromatic rings. The summed E-state index contributed by atoms with van der Waals surface area (Å²) in [5.41, 5.74) is 2.36. The van der Waals surface area contributed by atoms with Crippen LogP contribution in [0.5, 0.6) is 0 Å². The molecular formula is C14H22N4. The van der Waals surface area contributed by atoms with Gasteiger partial charge in [0.25, 0.3) is 0 Å². The number of aromatic nitrogens is 3. The van der Waals surface area contributed by atoms with E-state index in [0.29, 0.717) is 12.0 Å². The molecule has 2 heterocycles. The lowest BCUT2D eigenvalue weighted by atomic mass is 9.95. The van der Waals surface area contributed by atoms with Gasteiger partial charge in [-0.05, 0) is 18.9 Å². The highest BCUT2D eigenvalue weighted by Gasteiger charge is 2.17. The number of nitrogens with zero attached hydrogens (tertiary/aromatic N) is 3. The summed E-state index contributed by atoms with van der Waals surface area (Å²) in [6.45, 7) is 7.66. The van der Waals surface area contributed by atoms with Crippen molar-refractivity contribution in [3.05, 3.63) is 30.4 Å². The van der Waals surface area contributed by atoms with E-state index in [2.05, 4.69) is 36.2 Å². The van der Waals surface area contributed by atoms with Gasteiger partial charge in [0.1, 0.15) is 0 Å². The van der Waals surface area contributed by atoms with Gasteiger partial charge >= 0.3 is 0 Å². The third-order valence-electron chi connectivity index (χ3n) is 3.52. The molecule has 0 fully saturated rings. The molecule has 2 aromatic heterocycles. The monoisotopic (exact) mass is 246 g/mol. The maximum Gasteiger partial charge on any atom is 0.0892 e. The first-order valence-corrected chi connectivity index (χ1v) is 6.76. The zero-order chi connectivity index (χ0) is 13.0. The van der Waals surface area contributed by atoms with Crippen LogP contribution in [-0.4, -0.2) is 21.1 Å². The molecule has 2 rings (SSSR count). The van der Waals surface area contributed by atoms with Crippen LogP contribution in [0.15, 0.2) is 24.8 Å². The fourth-order valence-electron chi connectivity index (χ4n) is 2.26. The van der Waals surface area contributed by atoms with E-state index in [1.807, 2.05) is 23.1 Å². The van der Waals surface area contributed by atoms with Crippen molar-refractivity contribution in [1.82, 2.24) is 19.9 Å². The summed E-state index contributed by atoms with van der Waals surface area (Å²) in [4.78, 5) is 4.20. The van der Waals surface area contributed by atoms with Crippen LogP contribution in [0.3, 0.4) is 0 Å². The van der Waals surface area contributed by atoms with E-state index in [-0.39, 0.29) is 0 Å². The molecule has 2 atom stereocenters. The highest BCUT2D eigenvalue weighted by molar-refractivity contribution is 5.53. The van der Waals surface area contributed by atoms with Crippen molar-refractivity contribution < 1.29 is 0 Å². The number of hydrogen-bond donors (Lipinski definition) is 1. The SMILES string of the molecule is CCNC(CC(C)CC)c1cnn2ccncc12. The highest BCUT2D eigenvalue weighted by atomic mass is 15.2. The minimum Gasteiger partial charge on any atom is -0.310 e. The van der Waals surface area contributed by atoms with Crippen LogP contribution in [0.1, 0.15) is 45.2 Å². The van der Waals surface area contributed by atoms with Crippen molar-refractivity contribution in [2.45, 2.75) is 39.7 Å². The van der Waals surface area contributed by atoms with E-state index in [0.717, 1.165) is 18.5 Å². The van der Waals surface area contributed by atoms with Crippen LogP contribution < -0.4 is 5.32 Å². The molecule has 4 nitrogen and oxygen atoms in total. The topological polar surface area (TPSA) is 42.2 Å². The molecule has 18 heavy (non-hydrogen) atoms. The van der Waals surface area contributed by atoms with E-state index >= 15 is 0 Å². The number of rotatable bonds is 6. The van der Waals surface area contributed by atoms with Gasteiger partial charge in [-0.2, -0.15) is 5.10 Å². The molecule has 0 saturated carbocycles. The molecule has 0 aromatic carbocycles. The van der Waals surface area contributed by atoms with Crippen molar-refractivity contribution in [2.75, 3.05) is 6.54 Å². The molecule has 0 bridgehead atoms. The summed E-state index contributed by atoms with van der Waals surface area (Å²) in [7, 11) is 0. The van der Waals surface area contributed by atoms with Crippen LogP contribution in [0.2, 0.25) is 0 Å². The first kappa shape index (κ1) is 13.0. The Hall–Kier alpha value is -1.42. The highest BCUT2D eigenvalue weighted by Crippen LogP contribution is 2.25. The van der Waals surface area contributed by atoms with Crippen molar-refractivity contribution in [2.24, 2.45) is 5.92 Å². The predicted molar refractivity (Wildman–Crippen MR) is 73.5 cm³/mol. The van der Waals surface area contributed by atoms with E-state index in [9.17, 15) is 0 Å². The molecule has 0 aliphatic heterocycles. The summed E-state index contributed by atoms with van der Waals surface area (Å²) >= 11 is 0. The van der Waals surface area contributed by atoms with Gasteiger partial charge in [-0.15, -0.1) is 0 Å². The smallest absolute Gasteiger partial charge is 0.0892 e. The van der Waals surface area contributed by atoms with Gasteiger partial charge < -0.3 is 5.32 Å². The second kappa shape index (κ2) is 5.96. The maximum atomic E-state index is 4.39. The number of hydrogen-bond acceptors (Lipinski definition) is 3. The van der Waals surface area contributed by atoms with Crippen LogP contribution in [-0.2, 0) is 0 Å². The van der Waals surface area contributed by atoms with Gasteiger partial charge in [-0.1, -0.05) is 27.2 Å². The fraction of sp³-hybridized carbons (Fsp3) is 0.571. The third kappa shape index (κ3) is 2.70. The lowest BCUT2D eigenvalue weighted by Gasteiger charge is -2.20. The molecule has 1 N–H and O–H groups in total. The third-order valence-corrected chi connectivity index (χ3v) is 3.52. The molecule has 0 aliphatic carbocycles. The molecule has 0 amide bonds. The second-order valence-corrected chi connectivity index (χ2v) is 4.87. The summed E-state index contributed by atoms with van der Waals surface area (Å²) in [5.74, 6) is 0.709. The maximum absolute atomic E-state index is 4.39. The van der Waals surface area contributed by atoms with Gasteiger partial charge in [-0.25, -0.2) is 4.52 Å². The van der Waals surface area contributed by atoms with Crippen molar-refractivity contribution in [1.29, 1.82) is 0 Å². The molecule has 0 aliphatic rings. The van der Waals surface area contributed by atoms with Crippen molar-refractivity contribution in [3.63, 3.8) is 0 Å². The van der Waals surface area contributed by atoms with E-state index < -0.39 is 0 Å². The van der Waals surface area contributed by atoms with Crippen LogP contribution in [0.25, 0.3) is 5.52 Å². The van der Waals surface area contributed by atoms with Gasteiger partial charge in [0, 0.05) is 24.0 Å². The minimum absolute atomic E-state index is 0.367. The normalized spacial score (nSPS) is 14.8. The summed E-state index contributed by atoms with van der Waals surface area (Å²) in [6, 6.07) is 0.367. The summed E-state index contributed by atoms with van der Waals surface area (Å²) in [5, 5.41) is 7.95. The van der Waals surface area contributed by atoms with E-state index in [1.165, 1.54) is 12.0 Å². The zero-order valence-corrected chi connectivity index (χ0v) is 11.4. The fourth-order valence-corrected chi connectivity index (χ4v) is 2.26.